The molecule has 20 heavy (non-hydrogen) atoms. The van der Waals surface area contributed by atoms with Crippen molar-refractivity contribution in [3.05, 3.63) is 35.4 Å². The lowest BCUT2D eigenvalue weighted by molar-refractivity contribution is -0.161. The molecule has 0 spiro atoms. The Morgan fingerprint density at radius 2 is 1.60 bits per heavy atom. The number of aryl methyl sites for hydroxylation is 2. The molecule has 0 aliphatic carbocycles. The minimum atomic E-state index is -0.838. The van der Waals surface area contributed by atoms with Crippen molar-refractivity contribution >= 4 is 11.9 Å². The van der Waals surface area contributed by atoms with Gasteiger partial charge in [0.25, 0.3) is 0 Å². The molecule has 1 rings (SSSR count). The second-order valence-corrected chi connectivity index (χ2v) is 4.52. The van der Waals surface area contributed by atoms with E-state index in [0.717, 1.165) is 11.1 Å². The first kappa shape index (κ1) is 16.2. The maximum absolute atomic E-state index is 11.8. The highest BCUT2D eigenvalue weighted by Crippen LogP contribution is 2.16. The van der Waals surface area contributed by atoms with E-state index in [1.807, 2.05) is 31.2 Å². The van der Waals surface area contributed by atoms with E-state index in [-0.39, 0.29) is 13.2 Å². The normalized spacial score (nSPS) is 10.4. The molecule has 110 valence electrons. The molecule has 4 heteroatoms. The SMILES string of the molecule is CCOC(=O)C(CCc1ccccc1C)C(=O)OCC. The molecule has 0 saturated heterocycles. The van der Waals surface area contributed by atoms with E-state index in [2.05, 4.69) is 0 Å². The summed E-state index contributed by atoms with van der Waals surface area (Å²) in [7, 11) is 0. The Kier molecular flexibility index (Phi) is 6.77. The number of rotatable bonds is 7. The van der Waals surface area contributed by atoms with Gasteiger partial charge in [0.15, 0.2) is 5.92 Å². The minimum absolute atomic E-state index is 0.263. The average Bonchev–Trinajstić information content (AvgIpc) is 2.41. The molecule has 4 nitrogen and oxygen atoms in total. The third-order valence-electron chi connectivity index (χ3n) is 3.11. The summed E-state index contributed by atoms with van der Waals surface area (Å²) in [6, 6.07) is 7.93. The smallest absolute Gasteiger partial charge is 0.320 e. The van der Waals surface area contributed by atoms with E-state index in [1.165, 1.54) is 0 Å². The van der Waals surface area contributed by atoms with E-state index in [9.17, 15) is 9.59 Å². The quantitative estimate of drug-likeness (QED) is 0.568. The van der Waals surface area contributed by atoms with Crippen molar-refractivity contribution in [1.82, 2.24) is 0 Å². The highest BCUT2D eigenvalue weighted by molar-refractivity contribution is 5.94. The van der Waals surface area contributed by atoms with Crippen LogP contribution in [0.4, 0.5) is 0 Å². The van der Waals surface area contributed by atoms with Crippen LogP contribution in [0.25, 0.3) is 0 Å². The molecule has 0 heterocycles. The summed E-state index contributed by atoms with van der Waals surface area (Å²) in [4.78, 5) is 23.7. The average molecular weight is 278 g/mol. The Hall–Kier alpha value is -1.84. The van der Waals surface area contributed by atoms with Gasteiger partial charge in [-0.3, -0.25) is 9.59 Å². The highest BCUT2D eigenvalue weighted by atomic mass is 16.6. The lowest BCUT2D eigenvalue weighted by Crippen LogP contribution is -2.28. The Labute approximate surface area is 120 Å². The van der Waals surface area contributed by atoms with Gasteiger partial charge < -0.3 is 9.47 Å². The Bertz CT molecular complexity index is 436. The van der Waals surface area contributed by atoms with E-state index in [4.69, 9.17) is 9.47 Å². The second-order valence-electron chi connectivity index (χ2n) is 4.52. The number of ether oxygens (including phenoxy) is 2. The van der Waals surface area contributed by atoms with Gasteiger partial charge in [-0.1, -0.05) is 24.3 Å². The summed E-state index contributed by atoms with van der Waals surface area (Å²) in [5.74, 6) is -1.84. The van der Waals surface area contributed by atoms with Crippen LogP contribution in [0.2, 0.25) is 0 Å². The number of carbonyl (C=O) groups is 2. The van der Waals surface area contributed by atoms with Gasteiger partial charge in [-0.25, -0.2) is 0 Å². The first-order valence-electron chi connectivity index (χ1n) is 6.97. The van der Waals surface area contributed by atoms with Crippen molar-refractivity contribution in [2.24, 2.45) is 5.92 Å². The fraction of sp³-hybridized carbons (Fsp3) is 0.500. The van der Waals surface area contributed by atoms with Gasteiger partial charge in [0.1, 0.15) is 0 Å². The van der Waals surface area contributed by atoms with Crippen LogP contribution in [0.1, 0.15) is 31.4 Å². The van der Waals surface area contributed by atoms with Crippen molar-refractivity contribution in [1.29, 1.82) is 0 Å². The van der Waals surface area contributed by atoms with Crippen LogP contribution in [0.15, 0.2) is 24.3 Å². The molecule has 0 unspecified atom stereocenters. The van der Waals surface area contributed by atoms with Crippen LogP contribution in [0.5, 0.6) is 0 Å². The van der Waals surface area contributed by atoms with E-state index in [0.29, 0.717) is 12.8 Å². The molecule has 0 aliphatic rings. The summed E-state index contributed by atoms with van der Waals surface area (Å²) in [5.41, 5.74) is 2.28. The van der Waals surface area contributed by atoms with E-state index < -0.39 is 17.9 Å². The fourth-order valence-electron chi connectivity index (χ4n) is 2.01. The summed E-state index contributed by atoms with van der Waals surface area (Å²) >= 11 is 0. The van der Waals surface area contributed by atoms with E-state index in [1.54, 1.807) is 13.8 Å². The maximum atomic E-state index is 11.8. The van der Waals surface area contributed by atoms with Gasteiger partial charge in [0.2, 0.25) is 0 Å². The van der Waals surface area contributed by atoms with E-state index >= 15 is 0 Å². The molecule has 1 aromatic rings. The molecule has 0 bridgehead atoms. The molecule has 0 aromatic heterocycles. The first-order valence-corrected chi connectivity index (χ1v) is 6.97. The van der Waals surface area contributed by atoms with Gasteiger partial charge >= 0.3 is 11.9 Å². The molecular formula is C16H22O4. The summed E-state index contributed by atoms with van der Waals surface area (Å²) in [6.07, 6.45) is 1.05. The number of esters is 2. The Balaban J connectivity index is 2.72. The van der Waals surface area contributed by atoms with Crippen LogP contribution in [0.3, 0.4) is 0 Å². The second kappa shape index (κ2) is 8.35. The highest BCUT2D eigenvalue weighted by Gasteiger charge is 2.29. The number of hydrogen-bond donors (Lipinski definition) is 0. The predicted molar refractivity (Wildman–Crippen MR) is 76.3 cm³/mol. The number of hydrogen-bond acceptors (Lipinski definition) is 4. The van der Waals surface area contributed by atoms with Crippen molar-refractivity contribution in [3.8, 4) is 0 Å². The van der Waals surface area contributed by atoms with Gasteiger partial charge in [-0.15, -0.1) is 0 Å². The molecule has 0 N–H and O–H groups in total. The molecule has 0 radical (unpaired) electrons. The van der Waals surface area contributed by atoms with Crippen molar-refractivity contribution in [2.45, 2.75) is 33.6 Å². The van der Waals surface area contributed by atoms with Gasteiger partial charge in [0, 0.05) is 0 Å². The summed E-state index contributed by atoms with van der Waals surface area (Å²) < 4.78 is 9.90. The zero-order chi connectivity index (χ0) is 15.0. The minimum Gasteiger partial charge on any atom is -0.465 e. The Morgan fingerprint density at radius 1 is 1.05 bits per heavy atom. The molecule has 0 aliphatic heterocycles. The zero-order valence-corrected chi connectivity index (χ0v) is 12.3. The standard InChI is InChI=1S/C16H22O4/c1-4-19-15(17)14(16(18)20-5-2)11-10-13-9-7-6-8-12(13)3/h6-9,14H,4-5,10-11H2,1-3H3. The van der Waals surface area contributed by atoms with Crippen molar-refractivity contribution in [2.75, 3.05) is 13.2 Å². The molecule has 0 atom stereocenters. The topological polar surface area (TPSA) is 52.6 Å². The first-order chi connectivity index (χ1) is 9.60. The maximum Gasteiger partial charge on any atom is 0.320 e. The van der Waals surface area contributed by atoms with Gasteiger partial charge in [0.05, 0.1) is 13.2 Å². The lowest BCUT2D eigenvalue weighted by Gasteiger charge is -2.14. The van der Waals surface area contributed by atoms with Crippen molar-refractivity contribution in [3.63, 3.8) is 0 Å². The summed E-state index contributed by atoms with van der Waals surface area (Å²) in [5, 5.41) is 0. The molecule has 0 fully saturated rings. The monoisotopic (exact) mass is 278 g/mol. The summed E-state index contributed by atoms with van der Waals surface area (Å²) in [6.45, 7) is 5.99. The largest absolute Gasteiger partial charge is 0.465 e. The predicted octanol–water partition coefficient (Wildman–Crippen LogP) is 2.67. The van der Waals surface area contributed by atoms with Gasteiger partial charge in [-0.05, 0) is 44.7 Å². The third kappa shape index (κ3) is 4.68. The number of carbonyl (C=O) groups excluding carboxylic acids is 2. The molecule has 1 aromatic carbocycles. The number of benzene rings is 1. The van der Waals surface area contributed by atoms with Crippen LogP contribution < -0.4 is 0 Å². The lowest BCUT2D eigenvalue weighted by atomic mass is 9.97. The molecule has 0 amide bonds. The fourth-order valence-corrected chi connectivity index (χ4v) is 2.01. The van der Waals surface area contributed by atoms with Crippen LogP contribution >= 0.6 is 0 Å². The Morgan fingerprint density at radius 3 is 2.10 bits per heavy atom. The van der Waals surface area contributed by atoms with Crippen LogP contribution in [0, 0.1) is 12.8 Å². The molecular weight excluding hydrogens is 256 g/mol. The third-order valence-corrected chi connectivity index (χ3v) is 3.11. The molecule has 0 saturated carbocycles. The van der Waals surface area contributed by atoms with Gasteiger partial charge in [-0.2, -0.15) is 0 Å². The van der Waals surface area contributed by atoms with Crippen LogP contribution in [-0.4, -0.2) is 25.2 Å². The van der Waals surface area contributed by atoms with Crippen LogP contribution in [-0.2, 0) is 25.5 Å². The van der Waals surface area contributed by atoms with Crippen molar-refractivity contribution < 1.29 is 19.1 Å². The zero-order valence-electron chi connectivity index (χ0n) is 12.3.